The number of nitrogens with two attached hydrogens (primary N) is 1. The Bertz CT molecular complexity index is 569. The monoisotopic (exact) mass is 283 g/mol. The number of anilines is 2. The van der Waals surface area contributed by atoms with Gasteiger partial charge in [-0.2, -0.15) is 0 Å². The highest BCUT2D eigenvalue weighted by Crippen LogP contribution is 2.38. The van der Waals surface area contributed by atoms with Gasteiger partial charge in [-0.3, -0.25) is 0 Å². The maximum Gasteiger partial charge on any atom is 0.242 e. The molecule has 1 aromatic carbocycles. The van der Waals surface area contributed by atoms with Gasteiger partial charge in [0.25, 0.3) is 0 Å². The molecule has 2 unspecified atom stereocenters. The Morgan fingerprint density at radius 3 is 2.58 bits per heavy atom. The van der Waals surface area contributed by atoms with Crippen molar-refractivity contribution < 1.29 is 8.42 Å². The zero-order valence-corrected chi connectivity index (χ0v) is 12.4. The van der Waals surface area contributed by atoms with Crippen molar-refractivity contribution >= 4 is 21.4 Å². The first-order chi connectivity index (χ1) is 8.82. The van der Waals surface area contributed by atoms with E-state index in [1.165, 1.54) is 30.9 Å². The molecule has 1 aliphatic carbocycles. The normalized spacial score (nSPS) is 22.5. The summed E-state index contributed by atoms with van der Waals surface area (Å²) in [5.74, 6) is 1.43. The fourth-order valence-corrected chi connectivity index (χ4v) is 2.91. The Hall–Kier alpha value is -1.27. The molecule has 1 fully saturated rings. The molecule has 3 N–H and O–H groups in total. The van der Waals surface area contributed by atoms with Crippen molar-refractivity contribution in [3.8, 4) is 0 Å². The standard InChI is InChI=1S/C13H21N3O2S/c1-9-6-10(9)8-15-13-7-11(4-5-12(13)14)19(17,18)16(2)3/h4-5,7,9-10,15H,6,8,14H2,1-3H3. The predicted octanol–water partition coefficient (Wildman–Crippen LogP) is 1.59. The molecule has 0 heterocycles. The third-order valence-corrected chi connectivity index (χ3v) is 5.45. The molecule has 5 nitrogen and oxygen atoms in total. The summed E-state index contributed by atoms with van der Waals surface area (Å²) >= 11 is 0. The average Bonchev–Trinajstić information content (AvgIpc) is 3.04. The summed E-state index contributed by atoms with van der Waals surface area (Å²) < 4.78 is 25.3. The number of nitrogens with zero attached hydrogens (tertiary/aromatic N) is 1. The lowest BCUT2D eigenvalue weighted by molar-refractivity contribution is 0.521. The number of rotatable bonds is 5. The van der Waals surface area contributed by atoms with Crippen molar-refractivity contribution in [2.45, 2.75) is 18.2 Å². The second-order valence-corrected chi connectivity index (χ2v) is 7.54. The lowest BCUT2D eigenvalue weighted by Gasteiger charge is -2.14. The van der Waals surface area contributed by atoms with Crippen LogP contribution in [0.25, 0.3) is 0 Å². The topological polar surface area (TPSA) is 75.4 Å². The van der Waals surface area contributed by atoms with Gasteiger partial charge in [-0.25, -0.2) is 12.7 Å². The highest BCUT2D eigenvalue weighted by Gasteiger charge is 2.32. The lowest BCUT2D eigenvalue weighted by Crippen LogP contribution is -2.22. The van der Waals surface area contributed by atoms with Crippen LogP contribution >= 0.6 is 0 Å². The molecular formula is C13H21N3O2S. The van der Waals surface area contributed by atoms with Crippen LogP contribution in [-0.4, -0.2) is 33.4 Å². The van der Waals surface area contributed by atoms with Gasteiger partial charge in [0, 0.05) is 20.6 Å². The van der Waals surface area contributed by atoms with Crippen LogP contribution in [0.3, 0.4) is 0 Å². The second-order valence-electron chi connectivity index (χ2n) is 5.39. The number of hydrogen-bond acceptors (Lipinski definition) is 4. The maximum absolute atomic E-state index is 12.1. The summed E-state index contributed by atoms with van der Waals surface area (Å²) in [5, 5.41) is 3.25. The number of benzene rings is 1. The maximum atomic E-state index is 12.1. The van der Waals surface area contributed by atoms with Crippen LogP contribution in [0.5, 0.6) is 0 Å². The number of nitrogens with one attached hydrogen (secondary N) is 1. The zero-order chi connectivity index (χ0) is 14.2. The second kappa shape index (κ2) is 5.02. The van der Waals surface area contributed by atoms with Gasteiger partial charge in [-0.15, -0.1) is 0 Å². The molecule has 1 aliphatic rings. The van der Waals surface area contributed by atoms with Crippen LogP contribution in [0.1, 0.15) is 13.3 Å². The molecule has 0 spiro atoms. The van der Waals surface area contributed by atoms with E-state index in [1.807, 2.05) is 0 Å². The fraction of sp³-hybridized carbons (Fsp3) is 0.538. The highest BCUT2D eigenvalue weighted by atomic mass is 32.2. The lowest BCUT2D eigenvalue weighted by atomic mass is 10.2. The first kappa shape index (κ1) is 14.1. The van der Waals surface area contributed by atoms with Crippen molar-refractivity contribution in [1.82, 2.24) is 4.31 Å². The molecule has 0 saturated heterocycles. The van der Waals surface area contributed by atoms with E-state index in [0.29, 0.717) is 17.3 Å². The van der Waals surface area contributed by atoms with Crippen LogP contribution in [0, 0.1) is 11.8 Å². The molecule has 0 radical (unpaired) electrons. The Labute approximate surface area is 114 Å². The molecule has 1 aromatic rings. The summed E-state index contributed by atoms with van der Waals surface area (Å²) in [4.78, 5) is 0.262. The number of sulfonamides is 1. The van der Waals surface area contributed by atoms with E-state index in [0.717, 1.165) is 12.5 Å². The molecule has 0 aromatic heterocycles. The van der Waals surface area contributed by atoms with Gasteiger partial charge in [0.2, 0.25) is 10.0 Å². The molecule has 6 heteroatoms. The van der Waals surface area contributed by atoms with Crippen LogP contribution < -0.4 is 11.1 Å². The van der Waals surface area contributed by atoms with Crippen LogP contribution in [-0.2, 0) is 10.0 Å². The smallest absolute Gasteiger partial charge is 0.242 e. The molecule has 0 aliphatic heterocycles. The van der Waals surface area contributed by atoms with Gasteiger partial charge >= 0.3 is 0 Å². The van der Waals surface area contributed by atoms with Gasteiger partial charge in [0.15, 0.2) is 0 Å². The summed E-state index contributed by atoms with van der Waals surface area (Å²) in [6, 6.07) is 4.78. The van der Waals surface area contributed by atoms with Crippen LogP contribution in [0.15, 0.2) is 23.1 Å². The van der Waals surface area contributed by atoms with Gasteiger partial charge in [-0.05, 0) is 36.5 Å². The number of nitrogen functional groups attached to an aromatic ring is 1. The molecule has 106 valence electrons. The minimum atomic E-state index is -3.41. The first-order valence-electron chi connectivity index (χ1n) is 6.38. The van der Waals surface area contributed by atoms with Crippen LogP contribution in [0.4, 0.5) is 11.4 Å². The Morgan fingerprint density at radius 1 is 1.42 bits per heavy atom. The highest BCUT2D eigenvalue weighted by molar-refractivity contribution is 7.89. The average molecular weight is 283 g/mol. The SMILES string of the molecule is CC1CC1CNc1cc(S(=O)(=O)N(C)C)ccc1N. The van der Waals surface area contributed by atoms with Gasteiger partial charge < -0.3 is 11.1 Å². The van der Waals surface area contributed by atoms with Crippen molar-refractivity contribution in [3.05, 3.63) is 18.2 Å². The molecule has 2 atom stereocenters. The summed E-state index contributed by atoms with van der Waals surface area (Å²) in [6.07, 6.45) is 1.22. The van der Waals surface area contributed by atoms with E-state index in [1.54, 1.807) is 12.1 Å². The minimum Gasteiger partial charge on any atom is -0.397 e. The Balaban J connectivity index is 2.19. The van der Waals surface area contributed by atoms with Gasteiger partial charge in [-0.1, -0.05) is 6.92 Å². The molecule has 0 bridgehead atoms. The Morgan fingerprint density at radius 2 is 2.05 bits per heavy atom. The molecule has 0 amide bonds. The summed E-state index contributed by atoms with van der Waals surface area (Å²) in [6.45, 7) is 3.06. The van der Waals surface area contributed by atoms with Crippen molar-refractivity contribution in [3.63, 3.8) is 0 Å². The van der Waals surface area contributed by atoms with E-state index >= 15 is 0 Å². The fourth-order valence-electron chi connectivity index (χ4n) is 1.98. The predicted molar refractivity (Wildman–Crippen MR) is 77.5 cm³/mol. The largest absolute Gasteiger partial charge is 0.397 e. The van der Waals surface area contributed by atoms with Crippen molar-refractivity contribution in [2.75, 3.05) is 31.7 Å². The Kier molecular flexibility index (Phi) is 3.73. The molecule has 19 heavy (non-hydrogen) atoms. The summed E-state index contributed by atoms with van der Waals surface area (Å²) in [7, 11) is -0.375. The minimum absolute atomic E-state index is 0.262. The van der Waals surface area contributed by atoms with Crippen LogP contribution in [0.2, 0.25) is 0 Å². The van der Waals surface area contributed by atoms with Gasteiger partial charge in [0.05, 0.1) is 16.3 Å². The molecular weight excluding hydrogens is 262 g/mol. The van der Waals surface area contributed by atoms with Crippen molar-refractivity contribution in [2.24, 2.45) is 11.8 Å². The zero-order valence-electron chi connectivity index (χ0n) is 11.6. The van der Waals surface area contributed by atoms with Crippen molar-refractivity contribution in [1.29, 1.82) is 0 Å². The van der Waals surface area contributed by atoms with Gasteiger partial charge in [0.1, 0.15) is 0 Å². The first-order valence-corrected chi connectivity index (χ1v) is 7.82. The third-order valence-electron chi connectivity index (χ3n) is 3.63. The quantitative estimate of drug-likeness (QED) is 0.805. The molecule has 1 saturated carbocycles. The van der Waals surface area contributed by atoms with E-state index in [9.17, 15) is 8.42 Å². The van der Waals surface area contributed by atoms with E-state index in [2.05, 4.69) is 12.2 Å². The van der Waals surface area contributed by atoms with E-state index in [-0.39, 0.29) is 4.90 Å². The number of hydrogen-bond donors (Lipinski definition) is 2. The van der Waals surface area contributed by atoms with E-state index < -0.39 is 10.0 Å². The summed E-state index contributed by atoms with van der Waals surface area (Å²) in [5.41, 5.74) is 7.15. The third kappa shape index (κ3) is 3.01. The van der Waals surface area contributed by atoms with E-state index in [4.69, 9.17) is 5.73 Å². The molecule has 2 rings (SSSR count).